The second kappa shape index (κ2) is 5.64. The molecule has 0 saturated carbocycles. The number of non-ortho nitro benzene ring substituents is 1. The maximum Gasteiger partial charge on any atom is 0.272 e. The Balaban J connectivity index is 2.00. The number of rotatable bonds is 4. The largest absolute Gasteiger partial charge is 0.487 e. The van der Waals surface area contributed by atoms with Crippen LogP contribution in [0.5, 0.6) is 5.75 Å². The smallest absolute Gasteiger partial charge is 0.272 e. The number of piperidine rings is 1. The molecule has 0 atom stereocenters. The van der Waals surface area contributed by atoms with Crippen LogP contribution in [0.3, 0.4) is 0 Å². The highest BCUT2D eigenvalue weighted by Crippen LogP contribution is 2.25. The third-order valence-corrected chi connectivity index (χ3v) is 3.05. The Kier molecular flexibility index (Phi) is 3.94. The van der Waals surface area contributed by atoms with Crippen molar-refractivity contribution in [3.8, 4) is 5.75 Å². The number of benzene rings is 1. The van der Waals surface area contributed by atoms with Gasteiger partial charge in [0.15, 0.2) is 11.6 Å². The number of ether oxygens (including phenoxy) is 1. The molecule has 1 amide bonds. The summed E-state index contributed by atoms with van der Waals surface area (Å²) in [6.07, 6.45) is 1.85. The number of hydrogen-bond donors (Lipinski definition) is 0. The second-order valence-electron chi connectivity index (χ2n) is 4.33. The standard InChI is InChI=1S/C12H13FN2O4/c13-11-7-9(15(17)18)1-2-12(11)19-10-3-5-14(8-16)6-4-10/h1-2,7-8,10H,3-6H2. The van der Waals surface area contributed by atoms with Crippen molar-refractivity contribution in [1.29, 1.82) is 0 Å². The highest BCUT2D eigenvalue weighted by Gasteiger charge is 2.21. The van der Waals surface area contributed by atoms with Gasteiger partial charge in [0.1, 0.15) is 6.10 Å². The average Bonchev–Trinajstić information content (AvgIpc) is 2.41. The Bertz CT molecular complexity index is 487. The van der Waals surface area contributed by atoms with Gasteiger partial charge in [0, 0.05) is 32.0 Å². The molecule has 7 heteroatoms. The molecule has 0 bridgehead atoms. The van der Waals surface area contributed by atoms with Crippen molar-refractivity contribution in [3.63, 3.8) is 0 Å². The van der Waals surface area contributed by atoms with Crippen molar-refractivity contribution in [3.05, 3.63) is 34.1 Å². The molecule has 1 heterocycles. The Morgan fingerprint density at radius 1 is 1.42 bits per heavy atom. The minimum absolute atomic E-state index is 0.00940. The molecule has 2 rings (SSSR count). The van der Waals surface area contributed by atoms with Crippen molar-refractivity contribution in [2.45, 2.75) is 18.9 Å². The molecule has 1 saturated heterocycles. The van der Waals surface area contributed by atoms with Crippen LogP contribution in [-0.4, -0.2) is 35.4 Å². The summed E-state index contributed by atoms with van der Waals surface area (Å²) in [5.41, 5.74) is -0.305. The van der Waals surface area contributed by atoms with Gasteiger partial charge in [-0.15, -0.1) is 0 Å². The van der Waals surface area contributed by atoms with Crippen LogP contribution in [0.4, 0.5) is 10.1 Å². The number of amides is 1. The summed E-state index contributed by atoms with van der Waals surface area (Å²) in [5.74, 6) is -0.734. The minimum Gasteiger partial charge on any atom is -0.487 e. The van der Waals surface area contributed by atoms with Gasteiger partial charge in [-0.2, -0.15) is 0 Å². The quantitative estimate of drug-likeness (QED) is 0.473. The summed E-state index contributed by atoms with van der Waals surface area (Å²) in [7, 11) is 0. The van der Waals surface area contributed by atoms with Crippen LogP contribution in [0.25, 0.3) is 0 Å². The predicted octanol–water partition coefficient (Wildman–Crippen LogP) is 1.73. The first kappa shape index (κ1) is 13.3. The van der Waals surface area contributed by atoms with E-state index in [2.05, 4.69) is 0 Å². The third kappa shape index (κ3) is 3.18. The third-order valence-electron chi connectivity index (χ3n) is 3.05. The number of carbonyl (C=O) groups is 1. The zero-order valence-electron chi connectivity index (χ0n) is 10.1. The Labute approximate surface area is 108 Å². The van der Waals surface area contributed by atoms with Crippen molar-refractivity contribution < 1.29 is 18.8 Å². The Hall–Kier alpha value is -2.18. The predicted molar refractivity (Wildman–Crippen MR) is 64.3 cm³/mol. The van der Waals surface area contributed by atoms with Gasteiger partial charge in [-0.1, -0.05) is 0 Å². The van der Waals surface area contributed by atoms with Gasteiger partial charge in [-0.25, -0.2) is 4.39 Å². The van der Waals surface area contributed by atoms with Gasteiger partial charge in [0.2, 0.25) is 6.41 Å². The number of halogens is 1. The topological polar surface area (TPSA) is 72.7 Å². The zero-order valence-corrected chi connectivity index (χ0v) is 10.1. The van der Waals surface area contributed by atoms with Crippen LogP contribution < -0.4 is 4.74 Å². The van der Waals surface area contributed by atoms with E-state index in [0.717, 1.165) is 12.5 Å². The highest BCUT2D eigenvalue weighted by atomic mass is 19.1. The van der Waals surface area contributed by atoms with Gasteiger partial charge in [-0.3, -0.25) is 14.9 Å². The first-order chi connectivity index (χ1) is 9.10. The van der Waals surface area contributed by atoms with Gasteiger partial charge in [0.25, 0.3) is 5.69 Å². The molecule has 1 aromatic carbocycles. The number of nitrogens with zero attached hydrogens (tertiary/aromatic N) is 2. The highest BCUT2D eigenvalue weighted by molar-refractivity contribution is 5.47. The molecule has 102 valence electrons. The van der Waals surface area contributed by atoms with E-state index in [4.69, 9.17) is 4.74 Å². The van der Waals surface area contributed by atoms with E-state index in [1.54, 1.807) is 4.90 Å². The van der Waals surface area contributed by atoms with E-state index < -0.39 is 10.7 Å². The maximum absolute atomic E-state index is 13.6. The maximum atomic E-state index is 13.6. The molecule has 1 aliphatic heterocycles. The van der Waals surface area contributed by atoms with E-state index in [-0.39, 0.29) is 17.5 Å². The van der Waals surface area contributed by atoms with Crippen molar-refractivity contribution in [2.75, 3.05) is 13.1 Å². The van der Waals surface area contributed by atoms with Gasteiger partial charge >= 0.3 is 0 Å². The number of carbonyl (C=O) groups excluding carboxylic acids is 1. The van der Waals surface area contributed by atoms with Crippen molar-refractivity contribution in [2.24, 2.45) is 0 Å². The first-order valence-electron chi connectivity index (χ1n) is 5.90. The molecule has 19 heavy (non-hydrogen) atoms. The fraction of sp³-hybridized carbons (Fsp3) is 0.417. The number of likely N-dealkylation sites (tertiary alicyclic amines) is 1. The average molecular weight is 268 g/mol. The normalized spacial score (nSPS) is 16.2. The Morgan fingerprint density at radius 3 is 2.63 bits per heavy atom. The molecule has 1 fully saturated rings. The van der Waals surface area contributed by atoms with Crippen LogP contribution in [0.2, 0.25) is 0 Å². The molecule has 0 aromatic heterocycles. The van der Waals surface area contributed by atoms with E-state index in [9.17, 15) is 19.3 Å². The van der Waals surface area contributed by atoms with Crippen molar-refractivity contribution in [1.82, 2.24) is 4.90 Å². The van der Waals surface area contributed by atoms with E-state index in [1.165, 1.54) is 12.1 Å². The fourth-order valence-electron chi connectivity index (χ4n) is 1.98. The van der Waals surface area contributed by atoms with Crippen LogP contribution >= 0.6 is 0 Å². The second-order valence-corrected chi connectivity index (χ2v) is 4.33. The molecule has 0 unspecified atom stereocenters. The summed E-state index contributed by atoms with van der Waals surface area (Å²) in [5, 5.41) is 10.5. The lowest BCUT2D eigenvalue weighted by Gasteiger charge is -2.29. The lowest BCUT2D eigenvalue weighted by Crippen LogP contribution is -2.37. The minimum atomic E-state index is -0.744. The fourth-order valence-corrected chi connectivity index (χ4v) is 1.98. The molecule has 0 aliphatic carbocycles. The molecule has 1 aromatic rings. The van der Waals surface area contributed by atoms with Gasteiger partial charge in [-0.05, 0) is 6.07 Å². The first-order valence-corrected chi connectivity index (χ1v) is 5.90. The van der Waals surface area contributed by atoms with Crippen molar-refractivity contribution >= 4 is 12.1 Å². The molecule has 0 N–H and O–H groups in total. The van der Waals surface area contributed by atoms with E-state index in [1.807, 2.05) is 0 Å². The van der Waals surface area contributed by atoms with Crippen LogP contribution in [0.1, 0.15) is 12.8 Å². The van der Waals surface area contributed by atoms with E-state index in [0.29, 0.717) is 25.9 Å². The van der Waals surface area contributed by atoms with Crippen LogP contribution in [-0.2, 0) is 4.79 Å². The summed E-state index contributed by atoms with van der Waals surface area (Å²) in [6, 6.07) is 3.31. The summed E-state index contributed by atoms with van der Waals surface area (Å²) in [4.78, 5) is 22.0. The number of nitro groups is 1. The van der Waals surface area contributed by atoms with Crippen LogP contribution in [0, 0.1) is 15.9 Å². The lowest BCUT2D eigenvalue weighted by atomic mass is 10.1. The van der Waals surface area contributed by atoms with Gasteiger partial charge in [0.05, 0.1) is 11.0 Å². The van der Waals surface area contributed by atoms with Gasteiger partial charge < -0.3 is 9.64 Å². The molecule has 0 spiro atoms. The monoisotopic (exact) mass is 268 g/mol. The zero-order chi connectivity index (χ0) is 13.8. The number of hydrogen-bond acceptors (Lipinski definition) is 4. The summed E-state index contributed by atoms with van der Waals surface area (Å²) in [6.45, 7) is 1.14. The van der Waals surface area contributed by atoms with E-state index >= 15 is 0 Å². The molecule has 6 nitrogen and oxygen atoms in total. The SMILES string of the molecule is O=CN1CCC(Oc2ccc([N+](=O)[O-])cc2F)CC1. The Morgan fingerprint density at radius 2 is 2.11 bits per heavy atom. The summed E-state index contributed by atoms with van der Waals surface area (Å²) < 4.78 is 19.1. The molecular weight excluding hydrogens is 255 g/mol. The summed E-state index contributed by atoms with van der Waals surface area (Å²) >= 11 is 0. The molecular formula is C12H13FN2O4. The number of nitro benzene ring substituents is 1. The molecule has 0 radical (unpaired) electrons. The van der Waals surface area contributed by atoms with Crippen LogP contribution in [0.15, 0.2) is 18.2 Å². The molecule has 1 aliphatic rings. The lowest BCUT2D eigenvalue weighted by molar-refractivity contribution is -0.385.